The van der Waals surface area contributed by atoms with Crippen molar-refractivity contribution < 1.29 is 4.79 Å². The number of carbonyl (C=O) groups excluding carboxylic acids is 1. The number of nitrogens with two attached hydrogens (primary N) is 1. The van der Waals surface area contributed by atoms with Gasteiger partial charge in [0.15, 0.2) is 0 Å². The van der Waals surface area contributed by atoms with E-state index >= 15 is 0 Å². The van der Waals surface area contributed by atoms with E-state index in [9.17, 15) is 4.79 Å². The second-order valence-electron chi connectivity index (χ2n) is 5.26. The van der Waals surface area contributed by atoms with Gasteiger partial charge in [0, 0.05) is 19.1 Å². The third-order valence-electron chi connectivity index (χ3n) is 3.51. The largest absolute Gasteiger partial charge is 0.368 e. The van der Waals surface area contributed by atoms with Gasteiger partial charge in [-0.2, -0.15) is 0 Å². The van der Waals surface area contributed by atoms with Crippen LogP contribution in [-0.2, 0) is 4.79 Å². The van der Waals surface area contributed by atoms with E-state index in [1.165, 1.54) is 19.3 Å². The van der Waals surface area contributed by atoms with Gasteiger partial charge in [0.05, 0.1) is 6.04 Å². The maximum absolute atomic E-state index is 11.4. The van der Waals surface area contributed by atoms with Crippen molar-refractivity contribution in [1.82, 2.24) is 10.2 Å². The molecule has 1 amide bonds. The molecule has 0 radical (unpaired) electrons. The molecule has 0 aromatic carbocycles. The summed E-state index contributed by atoms with van der Waals surface area (Å²) >= 11 is 0. The van der Waals surface area contributed by atoms with Crippen molar-refractivity contribution in [2.24, 2.45) is 11.7 Å². The zero-order valence-electron chi connectivity index (χ0n) is 11.4. The first kappa shape index (κ1) is 14.5. The van der Waals surface area contributed by atoms with E-state index in [0.29, 0.717) is 12.0 Å². The van der Waals surface area contributed by atoms with Gasteiger partial charge in [-0.05, 0) is 25.3 Å². The Morgan fingerprint density at radius 1 is 1.41 bits per heavy atom. The van der Waals surface area contributed by atoms with Gasteiger partial charge in [0.2, 0.25) is 5.91 Å². The van der Waals surface area contributed by atoms with E-state index in [4.69, 9.17) is 5.73 Å². The molecule has 0 aromatic rings. The number of likely N-dealkylation sites (N-methyl/N-ethyl adjacent to an activating group) is 1. The van der Waals surface area contributed by atoms with Crippen LogP contribution in [0.4, 0.5) is 0 Å². The van der Waals surface area contributed by atoms with Crippen molar-refractivity contribution >= 4 is 5.91 Å². The maximum atomic E-state index is 11.4. The van der Waals surface area contributed by atoms with Crippen LogP contribution in [0.25, 0.3) is 0 Å². The highest BCUT2D eigenvalue weighted by Crippen LogP contribution is 2.19. The first-order valence-corrected chi connectivity index (χ1v) is 6.84. The normalized spacial score (nSPS) is 19.3. The molecule has 3 N–H and O–H groups in total. The molecule has 1 fully saturated rings. The Kier molecular flexibility index (Phi) is 5.92. The number of nitrogens with one attached hydrogen (secondary N) is 1. The minimum Gasteiger partial charge on any atom is -0.368 e. The summed E-state index contributed by atoms with van der Waals surface area (Å²) in [6.07, 6.45) is 3.54. The van der Waals surface area contributed by atoms with Gasteiger partial charge in [0.1, 0.15) is 0 Å². The highest BCUT2D eigenvalue weighted by Gasteiger charge is 2.28. The molecule has 1 aliphatic rings. The molecule has 0 aliphatic heterocycles. The zero-order valence-corrected chi connectivity index (χ0v) is 11.4. The first-order valence-electron chi connectivity index (χ1n) is 6.84. The third-order valence-corrected chi connectivity index (χ3v) is 3.51. The monoisotopic (exact) mass is 241 g/mol. The van der Waals surface area contributed by atoms with Crippen LogP contribution in [0.3, 0.4) is 0 Å². The Morgan fingerprint density at radius 2 is 2.06 bits per heavy atom. The maximum Gasteiger partial charge on any atom is 0.235 e. The number of rotatable bonds is 9. The Labute approximate surface area is 105 Å². The molecule has 0 heterocycles. The summed E-state index contributed by atoms with van der Waals surface area (Å²) in [6.45, 7) is 9.34. The predicted molar refractivity (Wildman–Crippen MR) is 70.7 cm³/mol. The summed E-state index contributed by atoms with van der Waals surface area (Å²) in [6, 6.07) is 0.335. The lowest BCUT2D eigenvalue weighted by Gasteiger charge is -2.27. The number of amides is 1. The van der Waals surface area contributed by atoms with Crippen molar-refractivity contribution in [3.05, 3.63) is 0 Å². The van der Waals surface area contributed by atoms with Gasteiger partial charge < -0.3 is 16.0 Å². The van der Waals surface area contributed by atoms with Crippen LogP contribution in [0.15, 0.2) is 0 Å². The Balaban J connectivity index is 2.41. The van der Waals surface area contributed by atoms with Crippen molar-refractivity contribution in [2.45, 2.75) is 52.1 Å². The Hall–Kier alpha value is -0.610. The Bertz CT molecular complexity index is 241. The van der Waals surface area contributed by atoms with Gasteiger partial charge in [-0.1, -0.05) is 27.2 Å². The number of nitrogens with zero attached hydrogens (tertiary/aromatic N) is 1. The summed E-state index contributed by atoms with van der Waals surface area (Å²) in [4.78, 5) is 13.7. The van der Waals surface area contributed by atoms with Gasteiger partial charge in [0.25, 0.3) is 0 Å². The van der Waals surface area contributed by atoms with E-state index < -0.39 is 0 Å². The van der Waals surface area contributed by atoms with E-state index in [2.05, 4.69) is 31.0 Å². The molecule has 0 spiro atoms. The van der Waals surface area contributed by atoms with Crippen LogP contribution in [0.5, 0.6) is 0 Å². The molecule has 1 aliphatic carbocycles. The zero-order chi connectivity index (χ0) is 12.8. The second-order valence-corrected chi connectivity index (χ2v) is 5.26. The fourth-order valence-corrected chi connectivity index (χ4v) is 1.92. The molecular formula is C13H27N3O. The van der Waals surface area contributed by atoms with Crippen molar-refractivity contribution in [3.63, 3.8) is 0 Å². The Morgan fingerprint density at radius 3 is 2.47 bits per heavy atom. The van der Waals surface area contributed by atoms with Gasteiger partial charge in [-0.25, -0.2) is 0 Å². The number of primary amides is 1. The molecule has 1 rings (SSSR count). The van der Waals surface area contributed by atoms with Crippen LogP contribution in [-0.4, -0.2) is 42.5 Å². The molecular weight excluding hydrogens is 214 g/mol. The lowest BCUT2D eigenvalue weighted by Crippen LogP contribution is -2.50. The molecule has 2 unspecified atom stereocenters. The molecule has 0 bridgehead atoms. The van der Waals surface area contributed by atoms with E-state index in [0.717, 1.165) is 19.6 Å². The molecule has 2 atom stereocenters. The molecule has 0 saturated heterocycles. The van der Waals surface area contributed by atoms with Crippen LogP contribution in [0, 0.1) is 5.92 Å². The third kappa shape index (κ3) is 5.50. The molecule has 0 aromatic heterocycles. The summed E-state index contributed by atoms with van der Waals surface area (Å²) < 4.78 is 0. The summed E-state index contributed by atoms with van der Waals surface area (Å²) in [5.74, 6) is 0.448. The fraction of sp³-hybridized carbons (Fsp3) is 0.923. The smallest absolute Gasteiger partial charge is 0.235 e. The minimum atomic E-state index is -0.223. The van der Waals surface area contributed by atoms with Gasteiger partial charge in [-0.15, -0.1) is 0 Å². The van der Waals surface area contributed by atoms with E-state index in [1.807, 2.05) is 0 Å². The molecule has 17 heavy (non-hydrogen) atoms. The number of hydrogen-bond acceptors (Lipinski definition) is 3. The minimum absolute atomic E-state index is 0.188. The molecule has 4 heteroatoms. The summed E-state index contributed by atoms with van der Waals surface area (Å²) in [7, 11) is 0. The van der Waals surface area contributed by atoms with E-state index in [-0.39, 0.29) is 11.9 Å². The van der Waals surface area contributed by atoms with Crippen molar-refractivity contribution in [2.75, 3.05) is 19.6 Å². The van der Waals surface area contributed by atoms with Crippen molar-refractivity contribution in [1.29, 1.82) is 0 Å². The molecule has 1 saturated carbocycles. The topological polar surface area (TPSA) is 58.4 Å². The van der Waals surface area contributed by atoms with Crippen LogP contribution >= 0.6 is 0 Å². The number of carbonyl (C=O) groups is 1. The van der Waals surface area contributed by atoms with E-state index in [1.54, 1.807) is 0 Å². The summed E-state index contributed by atoms with van der Waals surface area (Å²) in [5, 5.41) is 3.33. The SMILES string of the molecule is CCC(C)CN(CC)CC(NC1CC1)C(N)=O. The average Bonchev–Trinajstić information content (AvgIpc) is 3.10. The van der Waals surface area contributed by atoms with Gasteiger partial charge in [-0.3, -0.25) is 4.79 Å². The first-order chi connectivity index (χ1) is 8.06. The van der Waals surface area contributed by atoms with Gasteiger partial charge >= 0.3 is 0 Å². The average molecular weight is 241 g/mol. The fourth-order valence-electron chi connectivity index (χ4n) is 1.92. The highest BCUT2D eigenvalue weighted by molar-refractivity contribution is 5.80. The standard InChI is InChI=1S/C13H27N3O/c1-4-10(3)8-16(5-2)9-12(13(14)17)15-11-6-7-11/h10-12,15H,4-9H2,1-3H3,(H2,14,17). The second kappa shape index (κ2) is 6.97. The van der Waals surface area contributed by atoms with Crippen molar-refractivity contribution in [3.8, 4) is 0 Å². The highest BCUT2D eigenvalue weighted by atomic mass is 16.1. The number of hydrogen-bond donors (Lipinski definition) is 2. The quantitative estimate of drug-likeness (QED) is 0.632. The lowest BCUT2D eigenvalue weighted by molar-refractivity contribution is -0.120. The summed E-state index contributed by atoms with van der Waals surface area (Å²) in [5.41, 5.74) is 5.45. The lowest BCUT2D eigenvalue weighted by atomic mass is 10.1. The molecule has 4 nitrogen and oxygen atoms in total. The predicted octanol–water partition coefficient (Wildman–Crippen LogP) is 0.960. The van der Waals surface area contributed by atoms with Crippen LogP contribution in [0.2, 0.25) is 0 Å². The molecule has 100 valence electrons. The van der Waals surface area contributed by atoms with Crippen LogP contribution in [0.1, 0.15) is 40.0 Å². The van der Waals surface area contributed by atoms with Crippen LogP contribution < -0.4 is 11.1 Å².